The van der Waals surface area contributed by atoms with E-state index in [2.05, 4.69) is 312 Å². The molecule has 2 aliphatic rings. The molecule has 5 aromatic heterocycles. The molecule has 0 saturated carbocycles. The minimum atomic E-state index is 0.471. The summed E-state index contributed by atoms with van der Waals surface area (Å²) in [5.74, 6) is 3.16. The lowest BCUT2D eigenvalue weighted by atomic mass is 9.86. The van der Waals surface area contributed by atoms with Crippen molar-refractivity contribution in [2.24, 2.45) is 0 Å². The van der Waals surface area contributed by atoms with Gasteiger partial charge in [0.25, 0.3) is 0 Å². The first-order valence-electron chi connectivity index (χ1n) is 37.4. The van der Waals surface area contributed by atoms with Crippen LogP contribution in [0, 0.1) is 0 Å². The van der Waals surface area contributed by atoms with E-state index in [9.17, 15) is 0 Å². The molecule has 0 amide bonds. The molecule has 0 spiro atoms. The van der Waals surface area contributed by atoms with Crippen LogP contribution in [0.3, 0.4) is 0 Å². The summed E-state index contributed by atoms with van der Waals surface area (Å²) in [5.41, 5.74) is 22.2. The molecule has 22 aromatic rings. The molecule has 514 valence electrons. The number of rotatable bonds is 9. The molecule has 0 radical (unpaired) electrons. The fourth-order valence-electron chi connectivity index (χ4n) is 17.7. The van der Waals surface area contributed by atoms with E-state index in [4.69, 9.17) is 38.7 Å². The van der Waals surface area contributed by atoms with Crippen LogP contribution in [0.15, 0.2) is 355 Å². The van der Waals surface area contributed by atoms with Gasteiger partial charge in [0.1, 0.15) is 22.3 Å². The van der Waals surface area contributed by atoms with E-state index in [-0.39, 0.29) is 0 Å². The van der Waals surface area contributed by atoms with Crippen LogP contribution >= 0.6 is 0 Å². The second-order valence-electron chi connectivity index (χ2n) is 28.8. The largest absolute Gasteiger partial charge is 0.456 e. The Morgan fingerprint density at radius 3 is 1.55 bits per heavy atom. The first-order chi connectivity index (χ1) is 55.0. The van der Waals surface area contributed by atoms with E-state index < -0.39 is 0 Å². The van der Waals surface area contributed by atoms with Crippen molar-refractivity contribution in [1.29, 1.82) is 0 Å². The molecule has 0 unspecified atom stereocenters. The highest BCUT2D eigenvalue weighted by Gasteiger charge is 2.34. The van der Waals surface area contributed by atoms with Crippen LogP contribution in [0.5, 0.6) is 0 Å². The van der Waals surface area contributed by atoms with Gasteiger partial charge in [0, 0.05) is 98.6 Å². The number of para-hydroxylation sites is 4. The van der Waals surface area contributed by atoms with E-state index in [1.165, 1.54) is 32.7 Å². The molecular formula is C100H57N9O2. The van der Waals surface area contributed by atoms with Gasteiger partial charge in [-0.25, -0.2) is 19.9 Å². The summed E-state index contributed by atoms with van der Waals surface area (Å²) < 4.78 is 16.1. The minimum Gasteiger partial charge on any atom is -0.456 e. The van der Waals surface area contributed by atoms with Crippen molar-refractivity contribution in [2.45, 2.75) is 0 Å². The third-order valence-electron chi connectivity index (χ3n) is 22.7. The van der Waals surface area contributed by atoms with Crippen molar-refractivity contribution in [3.8, 4) is 96.0 Å². The number of aromatic nitrogens is 7. The highest BCUT2D eigenvalue weighted by molar-refractivity contribution is 6.22. The Morgan fingerprint density at radius 1 is 0.225 bits per heavy atom. The molecule has 0 N–H and O–H groups in total. The van der Waals surface area contributed by atoms with E-state index in [0.717, 1.165) is 166 Å². The van der Waals surface area contributed by atoms with E-state index in [0.29, 0.717) is 40.7 Å². The molecule has 7 heterocycles. The van der Waals surface area contributed by atoms with Crippen LogP contribution in [0.25, 0.3) is 205 Å². The molecule has 17 aromatic carbocycles. The molecule has 0 bridgehead atoms. The number of nitrogens with zero attached hydrogens (tertiary/aromatic N) is 9. The predicted octanol–water partition coefficient (Wildman–Crippen LogP) is 26.5. The number of hydrogen-bond acceptors (Lipinski definition) is 10. The molecule has 0 fully saturated rings. The SMILES string of the molecule is c1ccc(-c2nc(-c3ccc(N4c5c(ccc6ccccc56)-c5cccc6cccc4c56)cc3)nc(-c3cccc4oc5cc(-c6cc7c8c(cccc8c6)N(c6nc(-c8ccc9c%10ccccc%10n(-c%10ccccc%10)c9c8)nc(-c8cccc9c8oc8ccccc89)n6)c6c-7ccc7ccccc67)ccc5c34)n2)cc1. The normalized spacial score (nSPS) is 12.5. The van der Waals surface area contributed by atoms with Crippen molar-refractivity contribution in [3.63, 3.8) is 0 Å². The summed E-state index contributed by atoms with van der Waals surface area (Å²) >= 11 is 0. The Morgan fingerprint density at radius 2 is 0.757 bits per heavy atom. The molecule has 24 rings (SSSR count). The fraction of sp³-hybridized carbons (Fsp3) is 0. The highest BCUT2D eigenvalue weighted by atomic mass is 16.3. The number of anilines is 6. The van der Waals surface area contributed by atoms with Crippen LogP contribution < -0.4 is 9.80 Å². The fourth-order valence-corrected chi connectivity index (χ4v) is 17.7. The van der Waals surface area contributed by atoms with Crippen molar-refractivity contribution in [3.05, 3.63) is 346 Å². The monoisotopic (exact) mass is 1420 g/mol. The van der Waals surface area contributed by atoms with Gasteiger partial charge in [0.2, 0.25) is 5.95 Å². The van der Waals surface area contributed by atoms with Crippen molar-refractivity contribution in [1.82, 2.24) is 34.5 Å². The first-order valence-corrected chi connectivity index (χ1v) is 37.4. The molecule has 0 atom stereocenters. The zero-order valence-corrected chi connectivity index (χ0v) is 59.3. The quantitative estimate of drug-likeness (QED) is 0.138. The van der Waals surface area contributed by atoms with Gasteiger partial charge in [-0.05, 0) is 147 Å². The van der Waals surface area contributed by atoms with Gasteiger partial charge in [-0.3, -0.25) is 4.90 Å². The number of hydrogen-bond donors (Lipinski definition) is 0. The lowest BCUT2D eigenvalue weighted by Gasteiger charge is -2.34. The van der Waals surface area contributed by atoms with Gasteiger partial charge in [-0.2, -0.15) is 9.97 Å². The smallest absolute Gasteiger partial charge is 0.238 e. The van der Waals surface area contributed by atoms with Gasteiger partial charge in [-0.15, -0.1) is 0 Å². The third-order valence-corrected chi connectivity index (χ3v) is 22.7. The van der Waals surface area contributed by atoms with Crippen molar-refractivity contribution >= 4 is 143 Å². The van der Waals surface area contributed by atoms with E-state index in [1.807, 2.05) is 48.5 Å². The predicted molar refractivity (Wildman–Crippen MR) is 452 cm³/mol. The third kappa shape index (κ3) is 9.27. The van der Waals surface area contributed by atoms with Gasteiger partial charge in [0.15, 0.2) is 29.1 Å². The summed E-state index contributed by atoms with van der Waals surface area (Å²) in [6.07, 6.45) is 0. The van der Waals surface area contributed by atoms with Gasteiger partial charge in [-0.1, -0.05) is 243 Å². The zero-order valence-electron chi connectivity index (χ0n) is 59.3. The molecule has 11 heteroatoms. The molecule has 0 aliphatic carbocycles. The Bertz CT molecular complexity index is 7730. The summed E-state index contributed by atoms with van der Waals surface area (Å²) in [7, 11) is 0. The minimum absolute atomic E-state index is 0.471. The van der Waals surface area contributed by atoms with Gasteiger partial charge >= 0.3 is 0 Å². The summed E-state index contributed by atoms with van der Waals surface area (Å²) in [6, 6.07) is 122. The van der Waals surface area contributed by atoms with Crippen molar-refractivity contribution in [2.75, 3.05) is 9.80 Å². The van der Waals surface area contributed by atoms with Gasteiger partial charge in [0.05, 0.1) is 39.3 Å². The summed E-state index contributed by atoms with van der Waals surface area (Å²) in [4.78, 5) is 37.4. The maximum absolute atomic E-state index is 6.99. The highest BCUT2D eigenvalue weighted by Crippen LogP contribution is 2.57. The molecule has 11 nitrogen and oxygen atoms in total. The lowest BCUT2D eigenvalue weighted by molar-refractivity contribution is 0.669. The maximum atomic E-state index is 6.99. The first kappa shape index (κ1) is 61.0. The number of furan rings is 2. The zero-order chi connectivity index (χ0) is 72.5. The topological polar surface area (TPSA) is 115 Å². The van der Waals surface area contributed by atoms with Crippen LogP contribution in [0.1, 0.15) is 0 Å². The Kier molecular flexibility index (Phi) is 13.0. The Hall–Kier alpha value is -15.2. The van der Waals surface area contributed by atoms with Crippen LogP contribution in [-0.4, -0.2) is 34.5 Å². The Balaban J connectivity index is 0.642. The number of fused-ring (bicyclic) bond motifs is 17. The van der Waals surface area contributed by atoms with E-state index in [1.54, 1.807) is 0 Å². The van der Waals surface area contributed by atoms with Gasteiger partial charge < -0.3 is 18.3 Å². The average molecular weight is 1420 g/mol. The second-order valence-corrected chi connectivity index (χ2v) is 28.8. The molecule has 0 saturated heterocycles. The Labute approximate surface area is 634 Å². The van der Waals surface area contributed by atoms with Crippen LogP contribution in [0.4, 0.5) is 34.4 Å². The average Bonchev–Trinajstić information content (AvgIpc) is 1.52. The summed E-state index contributed by atoms with van der Waals surface area (Å²) in [6.45, 7) is 0. The molecule has 111 heavy (non-hydrogen) atoms. The maximum Gasteiger partial charge on any atom is 0.238 e. The van der Waals surface area contributed by atoms with Crippen LogP contribution in [0.2, 0.25) is 0 Å². The van der Waals surface area contributed by atoms with Crippen molar-refractivity contribution < 1.29 is 8.83 Å². The van der Waals surface area contributed by atoms with Crippen LogP contribution in [-0.2, 0) is 0 Å². The standard InChI is InChI=1S/C100H57N9O2/c1-3-22-61(23-4-1)95-101-96(62-42-48-68(49-43-62)108-83-38-16-25-60-24-15-33-74(89(60)83)75-51-44-58-20-7-9-29-69(58)92(75)108)103-98(102-95)79-35-19-41-87-91(79)78-53-46-63(57-88(78)110-87)66-54-64-26-17-39-84-90(64)81(55-66)76-52-45-59-21-8-10-30-70(59)93(76)109(84)100-105-97(104-99(106-100)80-36-18-34-77-73-32-12-14-40-86(73)111-94(77)80)65-47-50-72-71-31-11-13-37-82(71)107(85(72)56-65)67-27-5-2-6-28-67/h1-57H. The lowest BCUT2D eigenvalue weighted by Crippen LogP contribution is -2.19. The summed E-state index contributed by atoms with van der Waals surface area (Å²) in [5, 5.41) is 15.3. The molecule has 2 aliphatic heterocycles. The second kappa shape index (κ2) is 23.6. The molecular weight excluding hydrogens is 1360 g/mol. The van der Waals surface area contributed by atoms with E-state index >= 15 is 0 Å². The number of benzene rings is 17.